The monoisotopic (exact) mass is 390 g/mol. The third-order valence-corrected chi connectivity index (χ3v) is 4.58. The molecule has 6 nitrogen and oxygen atoms in total. The van der Waals surface area contributed by atoms with Crippen molar-refractivity contribution in [1.29, 1.82) is 5.53 Å². The Morgan fingerprint density at radius 1 is 1.15 bits per heavy atom. The molecule has 0 saturated carbocycles. The SMILES string of the molecule is N=[N+]1C(=O)c2cc(Cl)ccc2N=C1CC(CC(=O)O)c1ccc(Cl)cc1. The number of nitrogens with zero attached hydrogens (tertiary/aromatic N) is 2. The molecule has 0 bridgehead atoms. The summed E-state index contributed by atoms with van der Waals surface area (Å²) in [6.07, 6.45) is -0.0264. The van der Waals surface area contributed by atoms with Gasteiger partial charge in [-0.05, 0) is 40.9 Å². The average Bonchev–Trinajstić information content (AvgIpc) is 2.60. The van der Waals surface area contributed by atoms with E-state index in [0.717, 1.165) is 5.56 Å². The predicted octanol–water partition coefficient (Wildman–Crippen LogP) is 4.87. The second-order valence-electron chi connectivity index (χ2n) is 5.88. The third kappa shape index (κ3) is 3.81. The van der Waals surface area contributed by atoms with E-state index in [0.29, 0.717) is 20.4 Å². The molecule has 1 unspecified atom stereocenters. The number of aliphatic imine (C=N–C) groups is 1. The summed E-state index contributed by atoms with van der Waals surface area (Å²) in [6.45, 7) is 0. The van der Waals surface area contributed by atoms with Gasteiger partial charge in [-0.3, -0.25) is 4.79 Å². The predicted molar refractivity (Wildman–Crippen MR) is 96.9 cm³/mol. The maximum atomic E-state index is 12.4. The first-order chi connectivity index (χ1) is 12.3. The molecule has 3 rings (SSSR count). The van der Waals surface area contributed by atoms with Crippen molar-refractivity contribution in [1.82, 2.24) is 0 Å². The van der Waals surface area contributed by atoms with Crippen LogP contribution in [-0.4, -0.2) is 27.5 Å². The smallest absolute Gasteiger partial charge is 0.370 e. The van der Waals surface area contributed by atoms with Gasteiger partial charge in [0, 0.05) is 16.0 Å². The van der Waals surface area contributed by atoms with Crippen LogP contribution >= 0.6 is 23.2 Å². The molecule has 132 valence electrons. The number of carboxylic acid groups (broad SMARTS) is 1. The standard InChI is InChI=1S/C18H13Cl2N3O3/c19-12-3-1-10(2-4-12)11(8-17(24)25)7-16-22-15-6-5-13(20)9-14(15)18(26)23(16)21/h1-6,9,11,21H,7-8H2/p+1. The molecule has 1 atom stereocenters. The van der Waals surface area contributed by atoms with Crippen molar-refractivity contribution < 1.29 is 19.4 Å². The van der Waals surface area contributed by atoms with E-state index in [1.807, 2.05) is 0 Å². The van der Waals surface area contributed by atoms with Gasteiger partial charge in [0.05, 0.1) is 12.8 Å². The molecule has 0 spiro atoms. The molecule has 1 amide bonds. The van der Waals surface area contributed by atoms with Gasteiger partial charge in [-0.15, -0.1) is 5.53 Å². The van der Waals surface area contributed by atoms with Crippen molar-refractivity contribution in [3.8, 4) is 0 Å². The van der Waals surface area contributed by atoms with Crippen LogP contribution in [0.1, 0.15) is 34.7 Å². The van der Waals surface area contributed by atoms with Gasteiger partial charge in [0.2, 0.25) is 0 Å². The topological polar surface area (TPSA) is 93.6 Å². The number of hydrogen-bond donors (Lipinski definition) is 2. The molecule has 0 saturated heterocycles. The molecule has 1 heterocycles. The number of hydrogen-bond acceptors (Lipinski definition) is 4. The maximum absolute atomic E-state index is 12.4. The van der Waals surface area contributed by atoms with Gasteiger partial charge in [0.15, 0.2) is 5.69 Å². The van der Waals surface area contributed by atoms with E-state index < -0.39 is 17.8 Å². The molecule has 0 aliphatic carbocycles. The lowest BCUT2D eigenvalue weighted by atomic mass is 9.91. The zero-order chi connectivity index (χ0) is 18.8. The van der Waals surface area contributed by atoms with Crippen LogP contribution in [-0.2, 0) is 4.79 Å². The Kier molecular flexibility index (Phi) is 5.15. The maximum Gasteiger partial charge on any atom is 0.370 e. The van der Waals surface area contributed by atoms with Crippen molar-refractivity contribution in [3.63, 3.8) is 0 Å². The quantitative estimate of drug-likeness (QED) is 0.712. The van der Waals surface area contributed by atoms with Crippen LogP contribution in [0.15, 0.2) is 47.5 Å². The number of halogens is 2. The molecule has 0 fully saturated rings. The molecule has 2 aromatic rings. The molecule has 0 aromatic heterocycles. The molecular formula is C18H14Cl2N3O3+. The minimum Gasteiger partial charge on any atom is -0.481 e. The third-order valence-electron chi connectivity index (χ3n) is 4.09. The molecule has 1 aliphatic heterocycles. The molecular weight excluding hydrogens is 377 g/mol. The van der Waals surface area contributed by atoms with E-state index in [9.17, 15) is 14.7 Å². The number of fused-ring (bicyclic) bond motifs is 1. The average molecular weight is 391 g/mol. The Hall–Kier alpha value is -2.57. The minimum absolute atomic E-state index is 0.130. The van der Waals surface area contributed by atoms with E-state index >= 15 is 0 Å². The second kappa shape index (κ2) is 7.35. The van der Waals surface area contributed by atoms with Gasteiger partial charge in [0.1, 0.15) is 5.56 Å². The molecule has 2 N–H and O–H groups in total. The first kappa shape index (κ1) is 18.2. The van der Waals surface area contributed by atoms with E-state index in [1.54, 1.807) is 36.4 Å². The second-order valence-corrected chi connectivity index (χ2v) is 6.75. The normalized spacial score (nSPS) is 14.6. The molecule has 0 radical (unpaired) electrons. The van der Waals surface area contributed by atoms with Crippen LogP contribution in [0.25, 0.3) is 0 Å². The Morgan fingerprint density at radius 3 is 2.46 bits per heavy atom. The molecule has 2 aromatic carbocycles. The van der Waals surface area contributed by atoms with Gasteiger partial charge in [-0.25, -0.2) is 4.79 Å². The zero-order valence-electron chi connectivity index (χ0n) is 13.4. The highest BCUT2D eigenvalue weighted by Gasteiger charge is 2.36. The van der Waals surface area contributed by atoms with Crippen LogP contribution in [0.3, 0.4) is 0 Å². The molecule has 8 heteroatoms. The lowest BCUT2D eigenvalue weighted by Gasteiger charge is -2.15. The summed E-state index contributed by atoms with van der Waals surface area (Å²) in [5.41, 5.74) is 9.47. The van der Waals surface area contributed by atoms with E-state index in [1.165, 1.54) is 6.07 Å². The van der Waals surface area contributed by atoms with Crippen molar-refractivity contribution in [2.45, 2.75) is 18.8 Å². The lowest BCUT2D eigenvalue weighted by molar-refractivity contribution is -0.409. The van der Waals surface area contributed by atoms with Gasteiger partial charge in [-0.2, -0.15) is 0 Å². The van der Waals surface area contributed by atoms with E-state index in [4.69, 9.17) is 28.7 Å². The fourth-order valence-electron chi connectivity index (χ4n) is 2.81. The number of rotatable bonds is 5. The van der Waals surface area contributed by atoms with Gasteiger partial charge in [-0.1, -0.05) is 40.0 Å². The Balaban J connectivity index is 1.96. The first-order valence-electron chi connectivity index (χ1n) is 7.75. The Morgan fingerprint density at radius 2 is 1.81 bits per heavy atom. The number of benzene rings is 2. The Bertz CT molecular complexity index is 939. The number of amidine groups is 1. The summed E-state index contributed by atoms with van der Waals surface area (Å²) in [6, 6.07) is 11.5. The summed E-state index contributed by atoms with van der Waals surface area (Å²) in [5.74, 6) is -1.78. The zero-order valence-corrected chi connectivity index (χ0v) is 15.0. The van der Waals surface area contributed by atoms with Gasteiger partial charge in [0.25, 0.3) is 0 Å². The van der Waals surface area contributed by atoms with Crippen LogP contribution in [0.4, 0.5) is 5.69 Å². The van der Waals surface area contributed by atoms with Crippen LogP contribution in [0.5, 0.6) is 0 Å². The van der Waals surface area contributed by atoms with Crippen molar-refractivity contribution in [3.05, 3.63) is 63.6 Å². The highest BCUT2D eigenvalue weighted by atomic mass is 35.5. The number of carboxylic acids is 1. The highest BCUT2D eigenvalue weighted by molar-refractivity contribution is 6.31. The summed E-state index contributed by atoms with van der Waals surface area (Å²) in [5, 5.41) is 10.2. The minimum atomic E-state index is -0.976. The van der Waals surface area contributed by atoms with Gasteiger partial charge < -0.3 is 5.11 Å². The summed E-state index contributed by atoms with van der Waals surface area (Å²) < 4.78 is 0.698. The van der Waals surface area contributed by atoms with Crippen LogP contribution < -0.4 is 0 Å². The van der Waals surface area contributed by atoms with Crippen LogP contribution in [0, 0.1) is 5.53 Å². The number of carbonyl (C=O) groups is 2. The molecule has 26 heavy (non-hydrogen) atoms. The molecule has 1 aliphatic rings. The highest BCUT2D eigenvalue weighted by Crippen LogP contribution is 2.31. The number of nitrogens with one attached hydrogen (secondary N) is 1. The van der Waals surface area contributed by atoms with Gasteiger partial charge >= 0.3 is 17.7 Å². The van der Waals surface area contributed by atoms with E-state index in [2.05, 4.69) is 4.99 Å². The summed E-state index contributed by atoms with van der Waals surface area (Å²) in [7, 11) is 0. The summed E-state index contributed by atoms with van der Waals surface area (Å²) >= 11 is 11.8. The van der Waals surface area contributed by atoms with Crippen molar-refractivity contribution in [2.24, 2.45) is 4.99 Å². The van der Waals surface area contributed by atoms with Crippen molar-refractivity contribution in [2.75, 3.05) is 0 Å². The number of amides is 1. The van der Waals surface area contributed by atoms with Crippen LogP contribution in [0.2, 0.25) is 10.0 Å². The largest absolute Gasteiger partial charge is 0.481 e. The van der Waals surface area contributed by atoms with Crippen molar-refractivity contribution >= 4 is 46.6 Å². The first-order valence-corrected chi connectivity index (χ1v) is 8.51. The number of aliphatic carboxylic acids is 1. The van der Waals surface area contributed by atoms with E-state index in [-0.39, 0.29) is 24.2 Å². The summed E-state index contributed by atoms with van der Waals surface area (Å²) in [4.78, 5) is 28.1. The Labute approximate surface area is 159 Å². The fourth-order valence-corrected chi connectivity index (χ4v) is 3.11. The number of carbonyl (C=O) groups excluding carboxylic acids is 1. The lowest BCUT2D eigenvalue weighted by Crippen LogP contribution is -2.30. The fraction of sp³-hybridized carbons (Fsp3) is 0.167.